The Morgan fingerprint density at radius 2 is 2.00 bits per heavy atom. The molecule has 0 amide bonds. The first-order chi connectivity index (χ1) is 11.2. The highest BCUT2D eigenvalue weighted by molar-refractivity contribution is 5.83. The average Bonchev–Trinajstić information content (AvgIpc) is 2.95. The number of aromatic nitrogens is 1. The summed E-state index contributed by atoms with van der Waals surface area (Å²) in [6, 6.07) is 13.5. The van der Waals surface area contributed by atoms with Gasteiger partial charge in [0.05, 0.1) is 12.6 Å². The summed E-state index contributed by atoms with van der Waals surface area (Å²) in [4.78, 5) is 18.0. The number of rotatable bonds is 2. The second-order valence-corrected chi connectivity index (χ2v) is 5.97. The lowest BCUT2D eigenvalue weighted by atomic mass is 10.0. The molecule has 2 heterocycles. The fraction of sp³-hybridized carbons (Fsp3) is 0.211. The number of aromatic amines is 1. The molecule has 4 nitrogen and oxygen atoms in total. The number of hydrogen-bond acceptors (Lipinski definition) is 3. The van der Waals surface area contributed by atoms with Gasteiger partial charge >= 0.3 is 0 Å². The maximum absolute atomic E-state index is 12.4. The van der Waals surface area contributed by atoms with Gasteiger partial charge in [0.2, 0.25) is 0 Å². The number of anilines is 1. The molecule has 4 rings (SSSR count). The number of likely N-dealkylation sites (N-methyl/N-ethyl adjacent to an activating group) is 1. The molecule has 0 unspecified atom stereocenters. The number of methoxy groups -OCH3 is 1. The van der Waals surface area contributed by atoms with Gasteiger partial charge in [-0.2, -0.15) is 0 Å². The van der Waals surface area contributed by atoms with Crippen molar-refractivity contribution in [3.05, 3.63) is 58.3 Å². The number of nitrogens with one attached hydrogen (secondary N) is 1. The van der Waals surface area contributed by atoms with E-state index in [9.17, 15) is 4.79 Å². The summed E-state index contributed by atoms with van der Waals surface area (Å²) in [6.07, 6.45) is 1.05. The van der Waals surface area contributed by atoms with Crippen LogP contribution in [0.2, 0.25) is 0 Å². The van der Waals surface area contributed by atoms with Crippen molar-refractivity contribution in [2.45, 2.75) is 6.42 Å². The monoisotopic (exact) mass is 306 g/mol. The van der Waals surface area contributed by atoms with Crippen molar-refractivity contribution in [1.29, 1.82) is 0 Å². The lowest BCUT2D eigenvalue weighted by Crippen LogP contribution is -2.12. The second kappa shape index (κ2) is 5.16. The van der Waals surface area contributed by atoms with Gasteiger partial charge in [0, 0.05) is 42.5 Å². The molecule has 3 aromatic rings. The number of nitrogens with zero attached hydrogens (tertiary/aromatic N) is 1. The highest BCUT2D eigenvalue weighted by atomic mass is 16.5. The fourth-order valence-corrected chi connectivity index (χ4v) is 3.25. The number of hydrogen-bond donors (Lipinski definition) is 1. The van der Waals surface area contributed by atoms with Crippen LogP contribution in [0.1, 0.15) is 5.56 Å². The van der Waals surface area contributed by atoms with Crippen LogP contribution in [-0.4, -0.2) is 25.7 Å². The highest BCUT2D eigenvalue weighted by Gasteiger charge is 2.16. The van der Waals surface area contributed by atoms with Crippen molar-refractivity contribution in [3.8, 4) is 17.0 Å². The van der Waals surface area contributed by atoms with E-state index in [0.29, 0.717) is 5.39 Å². The summed E-state index contributed by atoms with van der Waals surface area (Å²) in [6.45, 7) is 1.05. The molecule has 0 spiro atoms. The van der Waals surface area contributed by atoms with E-state index in [1.807, 2.05) is 12.1 Å². The lowest BCUT2D eigenvalue weighted by molar-refractivity contribution is 0.415. The van der Waals surface area contributed by atoms with Crippen LogP contribution in [0.4, 0.5) is 5.69 Å². The molecule has 23 heavy (non-hydrogen) atoms. The zero-order chi connectivity index (χ0) is 16.0. The molecule has 0 saturated heterocycles. The summed E-state index contributed by atoms with van der Waals surface area (Å²) in [5, 5.41) is 0.676. The topological polar surface area (TPSA) is 45.3 Å². The van der Waals surface area contributed by atoms with Crippen molar-refractivity contribution >= 4 is 16.6 Å². The molecule has 0 atom stereocenters. The predicted octanol–water partition coefficient (Wildman–Crippen LogP) is 3.20. The number of fused-ring (bicyclic) bond motifs is 2. The zero-order valence-corrected chi connectivity index (χ0v) is 13.2. The Kier molecular flexibility index (Phi) is 3.11. The fourth-order valence-electron chi connectivity index (χ4n) is 3.25. The summed E-state index contributed by atoms with van der Waals surface area (Å²) < 4.78 is 5.25. The number of ether oxygens (including phenoxy) is 1. The van der Waals surface area contributed by atoms with Gasteiger partial charge in [-0.3, -0.25) is 4.79 Å². The summed E-state index contributed by atoms with van der Waals surface area (Å²) >= 11 is 0. The number of H-pyrrole nitrogens is 1. The number of pyridine rings is 1. The van der Waals surface area contributed by atoms with Crippen LogP contribution in [0.3, 0.4) is 0 Å². The first-order valence-corrected chi connectivity index (χ1v) is 7.71. The normalized spacial score (nSPS) is 13.4. The summed E-state index contributed by atoms with van der Waals surface area (Å²) in [5.41, 5.74) is 5.31. The van der Waals surface area contributed by atoms with Crippen molar-refractivity contribution in [3.63, 3.8) is 0 Å². The third-order valence-corrected chi connectivity index (χ3v) is 4.56. The van der Waals surface area contributed by atoms with Crippen LogP contribution >= 0.6 is 0 Å². The van der Waals surface area contributed by atoms with Gasteiger partial charge in [-0.05, 0) is 41.8 Å². The Bertz CT molecular complexity index is 959. The molecule has 0 fully saturated rings. The molecular formula is C19H18N2O2. The minimum atomic E-state index is 0.0222. The van der Waals surface area contributed by atoms with E-state index in [2.05, 4.69) is 35.1 Å². The molecular weight excluding hydrogens is 288 g/mol. The van der Waals surface area contributed by atoms with Gasteiger partial charge < -0.3 is 14.6 Å². The third kappa shape index (κ3) is 2.27. The summed E-state index contributed by atoms with van der Waals surface area (Å²) in [5.74, 6) is 0.737. The highest BCUT2D eigenvalue weighted by Crippen LogP contribution is 2.31. The minimum Gasteiger partial charge on any atom is -0.497 e. The van der Waals surface area contributed by atoms with Gasteiger partial charge in [-0.25, -0.2) is 0 Å². The van der Waals surface area contributed by atoms with Crippen molar-refractivity contribution in [1.82, 2.24) is 4.98 Å². The van der Waals surface area contributed by atoms with Crippen LogP contribution in [-0.2, 0) is 6.42 Å². The van der Waals surface area contributed by atoms with E-state index in [0.717, 1.165) is 35.5 Å². The van der Waals surface area contributed by atoms with Crippen LogP contribution in [0.25, 0.3) is 22.2 Å². The van der Waals surface area contributed by atoms with E-state index in [1.54, 1.807) is 19.2 Å². The zero-order valence-electron chi connectivity index (χ0n) is 13.2. The Hall–Kier alpha value is -2.75. The molecule has 1 aromatic heterocycles. The third-order valence-electron chi connectivity index (χ3n) is 4.56. The molecule has 116 valence electrons. The average molecular weight is 306 g/mol. The van der Waals surface area contributed by atoms with E-state index < -0.39 is 0 Å². The Labute approximate surface area is 134 Å². The van der Waals surface area contributed by atoms with E-state index in [-0.39, 0.29) is 5.43 Å². The Morgan fingerprint density at radius 1 is 1.13 bits per heavy atom. The van der Waals surface area contributed by atoms with Gasteiger partial charge in [0.25, 0.3) is 0 Å². The molecule has 4 heteroatoms. The van der Waals surface area contributed by atoms with Gasteiger partial charge in [-0.1, -0.05) is 6.07 Å². The van der Waals surface area contributed by atoms with Crippen molar-refractivity contribution in [2.24, 2.45) is 0 Å². The van der Waals surface area contributed by atoms with Crippen molar-refractivity contribution in [2.75, 3.05) is 25.6 Å². The maximum Gasteiger partial charge on any atom is 0.190 e. The van der Waals surface area contributed by atoms with Gasteiger partial charge in [0.1, 0.15) is 5.75 Å². The molecule has 0 radical (unpaired) electrons. The molecule has 1 N–H and O–H groups in total. The largest absolute Gasteiger partial charge is 0.497 e. The molecule has 0 bridgehead atoms. The Morgan fingerprint density at radius 3 is 2.83 bits per heavy atom. The molecule has 0 aliphatic carbocycles. The first-order valence-electron chi connectivity index (χ1n) is 7.71. The number of benzene rings is 2. The van der Waals surface area contributed by atoms with E-state index >= 15 is 0 Å². The molecule has 1 aliphatic heterocycles. The molecule has 0 saturated carbocycles. The standard InChI is InChI=1S/C19H18N2O2/c1-21-8-7-13-9-12(3-6-18(13)21)16-11-19(22)15-5-4-14(23-2)10-17(15)20-16/h3-6,9-11H,7-8H2,1-2H3,(H,20,22). The smallest absolute Gasteiger partial charge is 0.190 e. The summed E-state index contributed by atoms with van der Waals surface area (Å²) in [7, 11) is 3.73. The second-order valence-electron chi connectivity index (χ2n) is 5.97. The van der Waals surface area contributed by atoms with Gasteiger partial charge in [-0.15, -0.1) is 0 Å². The lowest BCUT2D eigenvalue weighted by Gasteiger charge is -2.12. The quantitative estimate of drug-likeness (QED) is 0.791. The van der Waals surface area contributed by atoms with E-state index in [1.165, 1.54) is 11.3 Å². The molecule has 1 aliphatic rings. The maximum atomic E-state index is 12.4. The van der Waals surface area contributed by atoms with Gasteiger partial charge in [0.15, 0.2) is 5.43 Å². The van der Waals surface area contributed by atoms with Crippen LogP contribution < -0.4 is 15.1 Å². The van der Waals surface area contributed by atoms with Crippen molar-refractivity contribution < 1.29 is 4.74 Å². The molecule has 2 aromatic carbocycles. The Balaban J connectivity index is 1.87. The van der Waals surface area contributed by atoms with E-state index in [4.69, 9.17) is 4.74 Å². The first kappa shape index (κ1) is 13.9. The predicted molar refractivity (Wildman–Crippen MR) is 93.5 cm³/mol. The minimum absolute atomic E-state index is 0.0222. The van der Waals surface area contributed by atoms with Crippen LogP contribution in [0, 0.1) is 0 Å². The van der Waals surface area contributed by atoms with Crippen LogP contribution in [0.15, 0.2) is 47.3 Å². The van der Waals surface area contributed by atoms with Crippen LogP contribution in [0.5, 0.6) is 5.75 Å². The SMILES string of the molecule is COc1ccc2c(=O)cc(-c3ccc4c(c3)CCN4C)[nH]c2c1.